The molecule has 1 aromatic heterocycles. The van der Waals surface area contributed by atoms with Gasteiger partial charge in [0, 0.05) is 18.7 Å². The summed E-state index contributed by atoms with van der Waals surface area (Å²) in [6, 6.07) is 7.84. The van der Waals surface area contributed by atoms with Gasteiger partial charge in [-0.05, 0) is 67.3 Å². The maximum Gasteiger partial charge on any atom is 0.417 e. The number of pyridine rings is 1. The number of hydrogen-bond acceptors (Lipinski definition) is 3. The molecule has 0 radical (unpaired) electrons. The van der Waals surface area contributed by atoms with E-state index in [4.69, 9.17) is 0 Å². The molecule has 1 aliphatic heterocycles. The summed E-state index contributed by atoms with van der Waals surface area (Å²) >= 11 is 0. The predicted octanol–water partition coefficient (Wildman–Crippen LogP) is 6.54. The minimum absolute atomic E-state index is 0.0912. The summed E-state index contributed by atoms with van der Waals surface area (Å²) in [6.45, 7) is 4.36. The van der Waals surface area contributed by atoms with E-state index in [9.17, 15) is 22.8 Å². The Hall–Kier alpha value is -2.90. The Morgan fingerprint density at radius 1 is 1.08 bits per heavy atom. The summed E-state index contributed by atoms with van der Waals surface area (Å²) < 4.78 is 41.0. The van der Waals surface area contributed by atoms with Crippen molar-refractivity contribution in [2.45, 2.75) is 83.5 Å². The number of amides is 2. The lowest BCUT2D eigenvalue weighted by Crippen LogP contribution is -2.53. The van der Waals surface area contributed by atoms with Crippen molar-refractivity contribution >= 4 is 11.8 Å². The summed E-state index contributed by atoms with van der Waals surface area (Å²) in [5, 5.41) is 3.07. The number of nitrogens with one attached hydrogen (secondary N) is 1. The predicted molar refractivity (Wildman–Crippen MR) is 136 cm³/mol. The fraction of sp³-hybridized carbons (Fsp3) is 0.552. The van der Waals surface area contributed by atoms with Crippen LogP contribution in [0.1, 0.15) is 82.5 Å². The second-order valence-corrected chi connectivity index (χ2v) is 10.4. The Morgan fingerprint density at radius 2 is 1.81 bits per heavy atom. The van der Waals surface area contributed by atoms with E-state index in [1.54, 1.807) is 23.1 Å². The molecular weight excluding hydrogens is 479 g/mol. The molecular formula is C29H36F3N3O2. The Kier molecular flexibility index (Phi) is 8.55. The van der Waals surface area contributed by atoms with Crippen molar-refractivity contribution in [3.05, 3.63) is 53.9 Å². The van der Waals surface area contributed by atoms with Crippen LogP contribution in [0.3, 0.4) is 0 Å². The summed E-state index contributed by atoms with van der Waals surface area (Å²) in [4.78, 5) is 33.0. The van der Waals surface area contributed by atoms with Gasteiger partial charge in [0.1, 0.15) is 6.04 Å². The lowest BCUT2D eigenvalue weighted by molar-refractivity contribution is -0.140. The molecule has 2 fully saturated rings. The SMILES string of the molecule is CCC(C)C(=O)NC(C(=O)N1CCCC1c1cc(-c2ccccc2C(F)(F)F)ccn1)C1CCCCC1. The third-order valence-corrected chi connectivity index (χ3v) is 7.95. The van der Waals surface area contributed by atoms with Crippen LogP contribution >= 0.6 is 0 Å². The second-order valence-electron chi connectivity index (χ2n) is 10.4. The highest BCUT2D eigenvalue weighted by molar-refractivity contribution is 5.89. The average Bonchev–Trinajstić information content (AvgIpc) is 3.41. The molecule has 0 bridgehead atoms. The highest BCUT2D eigenvalue weighted by Gasteiger charge is 2.40. The summed E-state index contributed by atoms with van der Waals surface area (Å²) in [5.74, 6) is -0.297. The largest absolute Gasteiger partial charge is 0.417 e. The Balaban J connectivity index is 1.62. The van der Waals surface area contributed by atoms with E-state index in [0.717, 1.165) is 44.6 Å². The number of carbonyl (C=O) groups excluding carboxylic acids is 2. The molecule has 3 atom stereocenters. The number of likely N-dealkylation sites (tertiary alicyclic amines) is 1. The van der Waals surface area contributed by atoms with Gasteiger partial charge in [-0.3, -0.25) is 14.6 Å². The van der Waals surface area contributed by atoms with Crippen molar-refractivity contribution in [2.75, 3.05) is 6.54 Å². The Bertz CT molecular complexity index is 1100. The molecule has 2 aliphatic rings. The smallest absolute Gasteiger partial charge is 0.344 e. The van der Waals surface area contributed by atoms with Crippen LogP contribution in [0, 0.1) is 11.8 Å². The molecule has 4 rings (SSSR count). The number of carbonyl (C=O) groups is 2. The first-order valence-electron chi connectivity index (χ1n) is 13.4. The van der Waals surface area contributed by atoms with Gasteiger partial charge in [0.05, 0.1) is 17.3 Å². The number of alkyl halides is 3. The summed E-state index contributed by atoms with van der Waals surface area (Å²) in [7, 11) is 0. The zero-order valence-corrected chi connectivity index (χ0v) is 21.6. The van der Waals surface area contributed by atoms with E-state index in [-0.39, 0.29) is 35.3 Å². The number of benzene rings is 1. The molecule has 2 aromatic rings. The Morgan fingerprint density at radius 3 is 2.51 bits per heavy atom. The Labute approximate surface area is 216 Å². The van der Waals surface area contributed by atoms with E-state index < -0.39 is 17.8 Å². The molecule has 2 heterocycles. The molecule has 1 aliphatic carbocycles. The van der Waals surface area contributed by atoms with Gasteiger partial charge < -0.3 is 10.2 Å². The van der Waals surface area contributed by atoms with E-state index >= 15 is 0 Å². The molecule has 3 unspecified atom stereocenters. The van der Waals surface area contributed by atoms with E-state index in [0.29, 0.717) is 30.6 Å². The van der Waals surface area contributed by atoms with E-state index in [1.807, 2.05) is 13.8 Å². The van der Waals surface area contributed by atoms with Crippen molar-refractivity contribution in [2.24, 2.45) is 11.8 Å². The van der Waals surface area contributed by atoms with E-state index in [1.165, 1.54) is 18.3 Å². The fourth-order valence-electron chi connectivity index (χ4n) is 5.63. The number of aromatic nitrogens is 1. The second kappa shape index (κ2) is 11.7. The van der Waals surface area contributed by atoms with E-state index in [2.05, 4.69) is 10.3 Å². The molecule has 2 amide bonds. The van der Waals surface area contributed by atoms with Gasteiger partial charge in [0.15, 0.2) is 0 Å². The van der Waals surface area contributed by atoms with Gasteiger partial charge in [0.25, 0.3) is 0 Å². The standard InChI is InChI=1S/C29H36F3N3O2/c1-3-19(2)27(36)34-26(20-10-5-4-6-11-20)28(37)35-17-9-14-25(35)24-18-21(15-16-33-24)22-12-7-8-13-23(22)29(30,31)32/h7-8,12-13,15-16,18-20,25-26H,3-6,9-11,14,17H2,1-2H3,(H,34,36). The third kappa shape index (κ3) is 6.16. The third-order valence-electron chi connectivity index (χ3n) is 7.95. The molecule has 37 heavy (non-hydrogen) atoms. The lowest BCUT2D eigenvalue weighted by atomic mass is 9.83. The van der Waals surface area contributed by atoms with Crippen molar-refractivity contribution in [1.82, 2.24) is 15.2 Å². The van der Waals surface area contributed by atoms with Crippen LogP contribution in [-0.4, -0.2) is 34.3 Å². The van der Waals surface area contributed by atoms with Gasteiger partial charge in [-0.1, -0.05) is 51.3 Å². The first-order chi connectivity index (χ1) is 17.7. The van der Waals surface area contributed by atoms with Crippen LogP contribution in [0.15, 0.2) is 42.6 Å². The number of halogens is 3. The highest BCUT2D eigenvalue weighted by Crippen LogP contribution is 2.39. The van der Waals surface area contributed by atoms with Crippen molar-refractivity contribution in [1.29, 1.82) is 0 Å². The maximum atomic E-state index is 14.0. The minimum Gasteiger partial charge on any atom is -0.344 e. The van der Waals surface area contributed by atoms with Gasteiger partial charge in [0.2, 0.25) is 11.8 Å². The van der Waals surface area contributed by atoms with Crippen molar-refractivity contribution in [3.63, 3.8) is 0 Å². The lowest BCUT2D eigenvalue weighted by Gasteiger charge is -2.35. The van der Waals surface area contributed by atoms with Crippen LogP contribution < -0.4 is 5.32 Å². The zero-order chi connectivity index (χ0) is 26.6. The topological polar surface area (TPSA) is 62.3 Å². The molecule has 1 aromatic carbocycles. The molecule has 1 saturated heterocycles. The highest BCUT2D eigenvalue weighted by atomic mass is 19.4. The van der Waals surface area contributed by atoms with Gasteiger partial charge >= 0.3 is 6.18 Å². The normalized spacial score (nSPS) is 20.5. The van der Waals surface area contributed by atoms with Crippen molar-refractivity contribution in [3.8, 4) is 11.1 Å². The number of nitrogens with zero attached hydrogens (tertiary/aromatic N) is 2. The fourth-order valence-corrected chi connectivity index (χ4v) is 5.63. The molecule has 200 valence electrons. The summed E-state index contributed by atoms with van der Waals surface area (Å²) in [6.07, 6.45) is 4.21. The first-order valence-corrected chi connectivity index (χ1v) is 13.4. The molecule has 0 spiro atoms. The number of rotatable bonds is 7. The maximum absolute atomic E-state index is 14.0. The molecule has 8 heteroatoms. The molecule has 1 saturated carbocycles. The van der Waals surface area contributed by atoms with Crippen molar-refractivity contribution < 1.29 is 22.8 Å². The average molecular weight is 516 g/mol. The first kappa shape index (κ1) is 27.1. The van der Waals surface area contributed by atoms with Crippen LogP contribution in [-0.2, 0) is 15.8 Å². The molecule has 1 N–H and O–H groups in total. The summed E-state index contributed by atoms with van der Waals surface area (Å²) in [5.41, 5.74) is 0.397. The number of hydrogen-bond donors (Lipinski definition) is 1. The van der Waals surface area contributed by atoms with Crippen LogP contribution in [0.25, 0.3) is 11.1 Å². The quantitative estimate of drug-likeness (QED) is 0.455. The van der Waals surface area contributed by atoms with Gasteiger partial charge in [-0.2, -0.15) is 13.2 Å². The van der Waals surface area contributed by atoms with Crippen LogP contribution in [0.4, 0.5) is 13.2 Å². The zero-order valence-electron chi connectivity index (χ0n) is 21.6. The van der Waals surface area contributed by atoms with Crippen LogP contribution in [0.5, 0.6) is 0 Å². The van der Waals surface area contributed by atoms with Gasteiger partial charge in [-0.25, -0.2) is 0 Å². The van der Waals surface area contributed by atoms with Crippen LogP contribution in [0.2, 0.25) is 0 Å². The minimum atomic E-state index is -4.48. The monoisotopic (exact) mass is 515 g/mol. The van der Waals surface area contributed by atoms with Gasteiger partial charge in [-0.15, -0.1) is 0 Å². The molecule has 5 nitrogen and oxygen atoms in total.